The standard InChI is InChI=1S/C20H20N4O2.C14H15N3O.C6H6BrNO2.CH4.4BrH.In/c1-26-18(25)14-9-17(22-10-14)20(7-2-8-20)16-5-3-13(4-6-16)15-11-23-19(21)24-12-15;15-13-16-8-11(9-17-13)10-2-4-12(5-3-10)14(18)6-1-7-14;1-10-6(9)5-2-4(7)3-8-5;;;;;;/h3-6,10-12H,2,7-9H2,1H3,(H2,21,23,24);2-5,8-9,18H,1,6-7H2,(H2,15,16,17);2-3,8H,1H3;1H4;4*1H;/q;;;;;;;;+3/p-3. The van der Waals surface area contributed by atoms with Gasteiger partial charge in [0.15, 0.2) is 11.9 Å². The van der Waals surface area contributed by atoms with Gasteiger partial charge in [0.2, 0.25) is 11.9 Å². The Morgan fingerprint density at radius 3 is 1.58 bits per heavy atom. The van der Waals surface area contributed by atoms with Gasteiger partial charge in [0, 0.05) is 46.6 Å². The van der Waals surface area contributed by atoms with E-state index in [1.807, 2.05) is 24.3 Å². The van der Waals surface area contributed by atoms with E-state index in [0.717, 1.165) is 64.4 Å². The maximum absolute atomic E-state index is 11.8. The molecule has 2 saturated carbocycles. The van der Waals surface area contributed by atoms with Gasteiger partial charge in [0.05, 0.1) is 31.7 Å². The molecule has 2 aliphatic carbocycles. The molecule has 7 N–H and O–H groups in total. The van der Waals surface area contributed by atoms with Crippen molar-refractivity contribution < 1.29 is 46.1 Å². The van der Waals surface area contributed by atoms with Crippen molar-refractivity contribution in [2.75, 3.05) is 25.7 Å². The molecule has 0 saturated heterocycles. The predicted molar refractivity (Wildman–Crippen MR) is 247 cm³/mol. The second-order valence-corrected chi connectivity index (χ2v) is 59.1. The van der Waals surface area contributed by atoms with Crippen LogP contribution in [0.3, 0.4) is 0 Å². The molecule has 3 aliphatic rings. The first-order valence-electron chi connectivity index (χ1n) is 18.1. The number of nitrogens with zero attached hydrogens (tertiary/aromatic N) is 4. The van der Waals surface area contributed by atoms with E-state index in [9.17, 15) is 14.7 Å². The number of aromatic nitrogens is 5. The van der Waals surface area contributed by atoms with Crippen LogP contribution < -0.4 is 33.4 Å². The summed E-state index contributed by atoms with van der Waals surface area (Å²) in [5.41, 5.74) is 18.9. The Bertz CT molecular complexity index is 2210. The fourth-order valence-corrected chi connectivity index (χ4v) is 7.00. The average Bonchev–Trinajstić information content (AvgIpc) is 3.87. The van der Waals surface area contributed by atoms with Gasteiger partial charge in [0.25, 0.3) is 0 Å². The van der Waals surface area contributed by atoms with Crippen LogP contribution in [-0.4, -0.2) is 76.3 Å². The Morgan fingerprint density at radius 2 is 1.22 bits per heavy atom. The van der Waals surface area contributed by atoms with Gasteiger partial charge in [-0.15, -0.1) is 0 Å². The molecule has 318 valence electrons. The number of hydrogen-bond donors (Lipinski definition) is 5. The number of anilines is 2. The summed E-state index contributed by atoms with van der Waals surface area (Å²) in [6, 6.07) is 18.1. The number of nitrogen functional groups attached to an aromatic ring is 2. The Balaban J connectivity index is 0.000000245. The van der Waals surface area contributed by atoms with E-state index in [0.29, 0.717) is 17.7 Å². The van der Waals surface area contributed by atoms with Crippen molar-refractivity contribution in [1.82, 2.24) is 24.9 Å². The summed E-state index contributed by atoms with van der Waals surface area (Å²) >= 11 is 11.9. The van der Waals surface area contributed by atoms with Crippen LogP contribution in [0.1, 0.15) is 74.0 Å². The second-order valence-electron chi connectivity index (χ2n) is 13.6. The van der Waals surface area contributed by atoms with Crippen LogP contribution in [0.2, 0.25) is 0 Å². The Hall–Kier alpha value is -2.94. The van der Waals surface area contributed by atoms with Gasteiger partial charge in [0.1, 0.15) is 11.3 Å². The van der Waals surface area contributed by atoms with Crippen molar-refractivity contribution in [3.05, 3.63) is 119 Å². The van der Waals surface area contributed by atoms with Gasteiger partial charge in [-0.1, -0.05) is 62.4 Å². The fourth-order valence-electron chi connectivity index (χ4n) is 6.66. The number of methoxy groups -OCH3 is 2. The summed E-state index contributed by atoms with van der Waals surface area (Å²) in [7, 11) is 2.76. The first kappa shape index (κ1) is 51.4. The molecule has 5 aromatic rings. The van der Waals surface area contributed by atoms with Gasteiger partial charge < -0.3 is 48.0 Å². The summed E-state index contributed by atoms with van der Waals surface area (Å²) in [6.45, 7) is 0. The zero-order valence-electron chi connectivity index (χ0n) is 32.1. The number of carbonyl (C=O) groups is 2. The van der Waals surface area contributed by atoms with Gasteiger partial charge >= 0.3 is 63.3 Å². The number of carbonyl (C=O) groups excluding carboxylic acids is 2. The minimum atomic E-state index is -1.20. The Morgan fingerprint density at radius 1 is 0.767 bits per heavy atom. The summed E-state index contributed by atoms with van der Waals surface area (Å²) in [5, 5.41) is 10.2. The van der Waals surface area contributed by atoms with Crippen LogP contribution in [0.25, 0.3) is 22.3 Å². The van der Waals surface area contributed by atoms with E-state index in [-0.39, 0.29) is 53.7 Å². The number of halogens is 5. The third-order valence-electron chi connectivity index (χ3n) is 10.1. The van der Waals surface area contributed by atoms with Crippen molar-refractivity contribution in [3.8, 4) is 22.3 Å². The molecule has 0 unspecified atom stereocenters. The summed E-state index contributed by atoms with van der Waals surface area (Å²) in [4.78, 5) is 44.7. The minimum absolute atomic E-state index is 0. The third kappa shape index (κ3) is 13.5. The summed E-state index contributed by atoms with van der Waals surface area (Å²) in [6.07, 6.45) is 17.1. The van der Waals surface area contributed by atoms with E-state index < -0.39 is 20.1 Å². The number of H-pyrrole nitrogens is 1. The molecule has 1 aliphatic heterocycles. The number of nitrogens with two attached hydrogens (primary N) is 2. The molecule has 0 amide bonds. The molecule has 0 atom stereocenters. The number of aromatic amines is 1. The monoisotopic (exact) mass is 1240 g/mol. The van der Waals surface area contributed by atoms with Gasteiger partial charge in [-0.3, -0.25) is 0 Å². The number of esters is 2. The van der Waals surface area contributed by atoms with Crippen LogP contribution in [-0.2, 0) is 25.3 Å². The maximum atomic E-state index is 11.8. The van der Waals surface area contributed by atoms with Crippen molar-refractivity contribution in [2.45, 2.75) is 63.4 Å². The summed E-state index contributed by atoms with van der Waals surface area (Å²) < 4.78 is 10.1. The van der Waals surface area contributed by atoms with Crippen LogP contribution in [0.4, 0.5) is 11.9 Å². The van der Waals surface area contributed by atoms with E-state index in [4.69, 9.17) is 16.2 Å². The Kier molecular flexibility index (Phi) is 20.6. The molecule has 0 bridgehead atoms. The SMILES string of the molecule is C.COC(=O)C1=C[NH+]=C(C2(c3ccc(-c4cnc(N)nc4)cc3)CCC2)C1.COC(=O)c1cc(Br)c[nH]1.Nc1ncc(-c2ccc(C3(O)CCC3)cc2)cn1.[Br-].[Br][In]([Br])[Br]. The van der Waals surface area contributed by atoms with Crippen molar-refractivity contribution in [3.63, 3.8) is 0 Å². The zero-order valence-corrected chi connectivity index (χ0v) is 43.3. The van der Waals surface area contributed by atoms with E-state index in [1.165, 1.54) is 31.9 Å². The second kappa shape index (κ2) is 24.1. The molecule has 2 fully saturated rings. The van der Waals surface area contributed by atoms with E-state index in [1.54, 1.807) is 43.3 Å². The number of rotatable bonds is 7. The van der Waals surface area contributed by atoms with Crippen molar-refractivity contribution in [2.24, 2.45) is 0 Å². The molecular formula is C41H46Br5InN8O5. The molecule has 4 heterocycles. The fraction of sp³-hybridized carbons (Fsp3) is 0.293. The average molecular weight is 1250 g/mol. The number of hydrogen-bond acceptors (Lipinski definition) is 11. The number of ether oxygens (including phenoxy) is 2. The topological polar surface area (TPSA) is 206 Å². The van der Waals surface area contributed by atoms with Crippen LogP contribution in [0, 0.1) is 0 Å². The van der Waals surface area contributed by atoms with Crippen molar-refractivity contribution >= 4 is 96.8 Å². The van der Waals surface area contributed by atoms with E-state index >= 15 is 0 Å². The first-order valence-corrected chi connectivity index (χ1v) is 41.1. The third-order valence-corrected chi connectivity index (χ3v) is 10.6. The van der Waals surface area contributed by atoms with Crippen LogP contribution >= 0.6 is 52.8 Å². The van der Waals surface area contributed by atoms with Gasteiger partial charge in [-0.2, -0.15) is 0 Å². The number of aliphatic hydroxyl groups is 1. The molecule has 0 spiro atoms. The summed E-state index contributed by atoms with van der Waals surface area (Å²) in [5.74, 6) is -0.0677. The van der Waals surface area contributed by atoms with E-state index in [2.05, 4.69) is 112 Å². The normalized spacial score (nSPS) is 14.9. The molecule has 60 heavy (non-hydrogen) atoms. The molecule has 13 nitrogen and oxygen atoms in total. The predicted octanol–water partition coefficient (Wildman–Crippen LogP) is 4.59. The number of benzene rings is 2. The molecule has 2 aromatic carbocycles. The molecule has 3 aromatic heterocycles. The Labute approximate surface area is 394 Å². The molecule has 8 rings (SSSR count). The quantitative estimate of drug-likeness (QED) is 0.143. The number of nitrogens with one attached hydrogen (secondary N) is 2. The van der Waals surface area contributed by atoms with Crippen LogP contribution in [0.5, 0.6) is 0 Å². The molecule has 0 radical (unpaired) electrons. The molecule has 19 heteroatoms. The molecular weight excluding hydrogens is 1200 g/mol. The van der Waals surface area contributed by atoms with Gasteiger partial charge in [-0.25, -0.2) is 34.5 Å². The zero-order chi connectivity index (χ0) is 41.9. The van der Waals surface area contributed by atoms with Crippen LogP contribution in [0.15, 0.2) is 102 Å². The van der Waals surface area contributed by atoms with Gasteiger partial charge in [-0.05, 0) is 76.4 Å². The van der Waals surface area contributed by atoms with Crippen molar-refractivity contribution in [1.29, 1.82) is 0 Å². The first-order chi connectivity index (χ1) is 27.8.